The van der Waals surface area contributed by atoms with Crippen molar-refractivity contribution in [1.29, 1.82) is 0 Å². The van der Waals surface area contributed by atoms with Crippen LogP contribution in [0.3, 0.4) is 0 Å². The van der Waals surface area contributed by atoms with Gasteiger partial charge in [-0.3, -0.25) is 4.79 Å². The third-order valence-electron chi connectivity index (χ3n) is 15.1. The Morgan fingerprint density at radius 1 is 1.00 bits per heavy atom. The molecule has 47 heavy (non-hydrogen) atoms. The molecule has 254 valence electrons. The predicted octanol–water partition coefficient (Wildman–Crippen LogP) is 6.24. The fraction of sp³-hybridized carbons (Fsp3) is 0.732. The molecule has 1 spiro atoms. The molecule has 1 aromatic carbocycles. The smallest absolute Gasteiger partial charge is 0.162 e. The summed E-state index contributed by atoms with van der Waals surface area (Å²) in [4.78, 5) is 14.8. The number of Topliss-reactive ketones (excluding diaryl/α,β-unsaturated/α-hetero) is 1. The van der Waals surface area contributed by atoms with Crippen molar-refractivity contribution in [2.45, 2.75) is 121 Å². The molecule has 0 amide bonds. The second kappa shape index (κ2) is 11.3. The van der Waals surface area contributed by atoms with E-state index < -0.39 is 28.8 Å². The SMILES string of the molecule is C[C@H]1[C@@H]([C@@H](O)[C@@](C)(O)[C@@H]2C[C@H]3CCC4=C5[C@@H]6CC[C@@]2(C)[C@@]53OCC#C[C@@H](c2ccccc2)CO[C@H]2CC[C@]6(C)[C@@H](C2)C4=O)OC[C@H]1C. The second-order valence-electron chi connectivity index (χ2n) is 17.2. The summed E-state index contributed by atoms with van der Waals surface area (Å²) in [6.07, 6.45) is 5.55. The minimum atomic E-state index is -1.38. The molecule has 4 aliphatic heterocycles. The normalized spacial score (nSPS) is 47.6. The van der Waals surface area contributed by atoms with Crippen molar-refractivity contribution >= 4 is 5.78 Å². The molecule has 0 unspecified atom stereocenters. The molecule has 6 heteroatoms. The number of aliphatic hydroxyl groups excluding tert-OH is 1. The number of fused-ring (bicyclic) bond motifs is 1. The molecule has 0 radical (unpaired) electrons. The lowest BCUT2D eigenvalue weighted by molar-refractivity contribution is -0.206. The molecule has 7 bridgehead atoms. The van der Waals surface area contributed by atoms with Crippen molar-refractivity contribution in [2.24, 2.45) is 46.3 Å². The third-order valence-corrected chi connectivity index (χ3v) is 15.1. The van der Waals surface area contributed by atoms with Crippen molar-refractivity contribution in [1.82, 2.24) is 0 Å². The minimum Gasteiger partial charge on any atom is -0.387 e. The lowest BCUT2D eigenvalue weighted by Gasteiger charge is -2.64. The first-order valence-electron chi connectivity index (χ1n) is 18.5. The van der Waals surface area contributed by atoms with Gasteiger partial charge >= 0.3 is 0 Å². The Hall–Kier alpha value is -2.01. The fourth-order valence-electron chi connectivity index (χ4n) is 12.3. The van der Waals surface area contributed by atoms with E-state index in [1.807, 2.05) is 13.0 Å². The Kier molecular flexibility index (Phi) is 7.71. The average molecular weight is 643 g/mol. The molecule has 4 fully saturated rings. The van der Waals surface area contributed by atoms with Gasteiger partial charge in [0.25, 0.3) is 0 Å². The second-order valence-corrected chi connectivity index (χ2v) is 17.2. The molecule has 6 nitrogen and oxygen atoms in total. The Labute approximate surface area is 281 Å². The average Bonchev–Trinajstić information content (AvgIpc) is 3.54. The maximum absolute atomic E-state index is 14.8. The Morgan fingerprint density at radius 2 is 1.79 bits per heavy atom. The summed E-state index contributed by atoms with van der Waals surface area (Å²) in [5.74, 6) is 7.84. The first-order chi connectivity index (χ1) is 22.4. The highest BCUT2D eigenvalue weighted by Crippen LogP contribution is 2.74. The molecule has 3 saturated carbocycles. The number of carbonyl (C=O) groups is 1. The van der Waals surface area contributed by atoms with E-state index >= 15 is 0 Å². The lowest BCUT2D eigenvalue weighted by atomic mass is 9.42. The number of allylic oxidation sites excluding steroid dienone is 1. The number of hydrogen-bond donors (Lipinski definition) is 2. The van der Waals surface area contributed by atoms with Gasteiger partial charge in [-0.1, -0.05) is 69.9 Å². The van der Waals surface area contributed by atoms with E-state index in [9.17, 15) is 15.0 Å². The first-order valence-corrected chi connectivity index (χ1v) is 18.5. The van der Waals surface area contributed by atoms with Crippen LogP contribution >= 0.6 is 0 Å². The van der Waals surface area contributed by atoms with Crippen molar-refractivity contribution < 1.29 is 29.2 Å². The maximum Gasteiger partial charge on any atom is 0.162 e. The highest BCUT2D eigenvalue weighted by Gasteiger charge is 2.75. The van der Waals surface area contributed by atoms with Gasteiger partial charge < -0.3 is 24.4 Å². The van der Waals surface area contributed by atoms with Gasteiger partial charge in [0.05, 0.1) is 35.9 Å². The molecule has 1 saturated heterocycles. The number of ketones is 1. The van der Waals surface area contributed by atoms with Gasteiger partial charge in [0.2, 0.25) is 0 Å². The van der Waals surface area contributed by atoms with Crippen LogP contribution in [-0.2, 0) is 19.0 Å². The Bertz CT molecular complexity index is 1500. The zero-order valence-electron chi connectivity index (χ0n) is 29.0. The molecular formula is C41H54O6. The Morgan fingerprint density at radius 3 is 2.53 bits per heavy atom. The van der Waals surface area contributed by atoms with Crippen LogP contribution < -0.4 is 0 Å². The van der Waals surface area contributed by atoms with Crippen LogP contribution in [0.5, 0.6) is 0 Å². The van der Waals surface area contributed by atoms with Crippen molar-refractivity contribution in [3.63, 3.8) is 0 Å². The zero-order valence-corrected chi connectivity index (χ0v) is 29.0. The lowest BCUT2D eigenvalue weighted by Crippen LogP contribution is -2.66. The number of benzene rings is 1. The van der Waals surface area contributed by atoms with Crippen LogP contribution in [0.15, 0.2) is 41.5 Å². The minimum absolute atomic E-state index is 0.0442. The van der Waals surface area contributed by atoms with Gasteiger partial charge in [-0.2, -0.15) is 0 Å². The maximum atomic E-state index is 14.8. The van der Waals surface area contributed by atoms with E-state index in [1.54, 1.807) is 0 Å². The van der Waals surface area contributed by atoms with Gasteiger partial charge in [-0.05, 0) is 110 Å². The molecule has 4 heterocycles. The van der Waals surface area contributed by atoms with Gasteiger partial charge in [-0.15, -0.1) is 0 Å². The summed E-state index contributed by atoms with van der Waals surface area (Å²) in [6, 6.07) is 10.4. The van der Waals surface area contributed by atoms with Crippen molar-refractivity contribution in [3.8, 4) is 11.8 Å². The number of aliphatic hydroxyl groups is 2. The van der Waals surface area contributed by atoms with Crippen molar-refractivity contribution in [2.75, 3.05) is 19.8 Å². The number of carbonyl (C=O) groups excluding carboxylic acids is 1. The molecule has 1 aromatic rings. The molecule has 9 aliphatic rings. The van der Waals surface area contributed by atoms with Crippen LogP contribution in [0, 0.1) is 58.2 Å². The first kappa shape index (κ1) is 32.2. The van der Waals surface area contributed by atoms with Crippen LogP contribution in [0.25, 0.3) is 0 Å². The summed E-state index contributed by atoms with van der Waals surface area (Å²) in [6.45, 7) is 12.2. The highest BCUT2D eigenvalue weighted by molar-refractivity contribution is 6.00. The molecule has 10 rings (SSSR count). The molecule has 0 aromatic heterocycles. The van der Waals surface area contributed by atoms with Crippen LogP contribution in [0.4, 0.5) is 0 Å². The van der Waals surface area contributed by atoms with E-state index in [2.05, 4.69) is 63.8 Å². The summed E-state index contributed by atoms with van der Waals surface area (Å²) in [5.41, 5.74) is 0.682. The quantitative estimate of drug-likeness (QED) is 0.378. The zero-order chi connectivity index (χ0) is 32.9. The fourth-order valence-corrected chi connectivity index (χ4v) is 12.3. The van der Waals surface area contributed by atoms with Gasteiger partial charge in [0, 0.05) is 17.9 Å². The van der Waals surface area contributed by atoms with E-state index in [0.717, 1.165) is 62.5 Å². The standard InChI is InChI=1S/C41H54O6/c1-24-22-46-36(25(24)2)37(43)40(5,44)33-20-28-13-14-30-34-31-16-18-39(33,4)41(28,34)47-19-9-12-27(26-10-7-6-8-11-26)23-45-29-15-17-38(31,3)32(21-29)35(30)42/h6-8,10-11,24-25,27-29,31-33,36-37,43-44H,13-23H2,1-5H3/t24-,25-,27-,28-,29+,31+,32+,33-,36+,37-,38+,39-,40+,41+/m1/s1. The number of ether oxygens (including phenoxy) is 3. The van der Waals surface area contributed by atoms with Crippen LogP contribution in [-0.4, -0.2) is 65.3 Å². The van der Waals surface area contributed by atoms with Gasteiger partial charge in [-0.25, -0.2) is 0 Å². The van der Waals surface area contributed by atoms with E-state index in [0.29, 0.717) is 24.9 Å². The van der Waals surface area contributed by atoms with E-state index in [-0.39, 0.29) is 53.6 Å². The monoisotopic (exact) mass is 642 g/mol. The summed E-state index contributed by atoms with van der Waals surface area (Å²) in [5, 5.41) is 24.5. The van der Waals surface area contributed by atoms with Crippen molar-refractivity contribution in [3.05, 3.63) is 47.0 Å². The summed E-state index contributed by atoms with van der Waals surface area (Å²) < 4.78 is 20.1. The van der Waals surface area contributed by atoms with E-state index in [4.69, 9.17) is 14.2 Å². The summed E-state index contributed by atoms with van der Waals surface area (Å²) >= 11 is 0. The molecule has 14 atom stereocenters. The molecular weight excluding hydrogens is 588 g/mol. The van der Waals surface area contributed by atoms with Gasteiger partial charge in [0.15, 0.2) is 5.78 Å². The molecule has 2 N–H and O–H groups in total. The predicted molar refractivity (Wildman–Crippen MR) is 179 cm³/mol. The molecule has 5 aliphatic carbocycles. The third kappa shape index (κ3) is 4.45. The largest absolute Gasteiger partial charge is 0.387 e. The van der Waals surface area contributed by atoms with E-state index in [1.165, 1.54) is 5.57 Å². The highest BCUT2D eigenvalue weighted by atomic mass is 16.5. The Balaban J connectivity index is 1.25. The summed E-state index contributed by atoms with van der Waals surface area (Å²) in [7, 11) is 0. The van der Waals surface area contributed by atoms with Gasteiger partial charge in [0.1, 0.15) is 12.7 Å². The number of rotatable bonds is 4. The topological polar surface area (TPSA) is 85.2 Å². The van der Waals surface area contributed by atoms with Crippen LogP contribution in [0.1, 0.15) is 97.5 Å². The number of hydrogen-bond acceptors (Lipinski definition) is 6. The van der Waals surface area contributed by atoms with Crippen LogP contribution in [0.2, 0.25) is 0 Å².